The van der Waals surface area contributed by atoms with Gasteiger partial charge in [0.25, 0.3) is 0 Å². The van der Waals surface area contributed by atoms with Gasteiger partial charge in [-0.05, 0) is 0 Å². The second kappa shape index (κ2) is 4.58. The van der Waals surface area contributed by atoms with Crippen LogP contribution in [0.3, 0.4) is 0 Å². The molecule has 0 aliphatic heterocycles. The first kappa shape index (κ1) is 8.72. The summed E-state index contributed by atoms with van der Waals surface area (Å²) in [4.78, 5) is 16.2. The molecule has 56 valence electrons. The monoisotopic (exact) mass is 143 g/mol. The molecule has 0 rings (SSSR count). The minimum absolute atomic E-state index is 0.0508. The Kier molecular flexibility index (Phi) is 4.00. The summed E-state index contributed by atoms with van der Waals surface area (Å²) in [7, 11) is 2.83. The second-order valence-corrected chi connectivity index (χ2v) is 1.63. The predicted octanol–water partition coefficient (Wildman–Crippen LogP) is -0.287. The molecule has 5 heteroatoms. The van der Waals surface area contributed by atoms with Gasteiger partial charge >= 0.3 is 6.03 Å². The largest absolute Gasteiger partial charge is 0.341 e. The normalized spacial score (nSPS) is 8.10. The minimum atomic E-state index is -0.427. The van der Waals surface area contributed by atoms with E-state index < -0.39 is 6.03 Å². The van der Waals surface area contributed by atoms with E-state index in [1.54, 1.807) is 0 Å². The van der Waals surface area contributed by atoms with Crippen molar-refractivity contribution < 1.29 is 9.63 Å². The molecule has 0 aromatic heterocycles. The van der Waals surface area contributed by atoms with Crippen molar-refractivity contribution in [2.24, 2.45) is 0 Å². The minimum Gasteiger partial charge on any atom is -0.313 e. The molecule has 0 aromatic carbocycles. The van der Waals surface area contributed by atoms with Gasteiger partial charge in [0, 0.05) is 7.05 Å². The van der Waals surface area contributed by atoms with Crippen molar-refractivity contribution in [1.29, 1.82) is 5.26 Å². The maximum atomic E-state index is 10.7. The van der Waals surface area contributed by atoms with Crippen molar-refractivity contribution in [2.45, 2.75) is 0 Å². The Balaban J connectivity index is 3.62. The third-order valence-corrected chi connectivity index (χ3v) is 0.844. The van der Waals surface area contributed by atoms with E-state index in [2.05, 4.69) is 10.3 Å². The Morgan fingerprint density at radius 1 is 1.90 bits per heavy atom. The van der Waals surface area contributed by atoms with Crippen LogP contribution in [0, 0.1) is 11.3 Å². The summed E-state index contributed by atoms with van der Waals surface area (Å²) in [5.74, 6) is 0. The van der Waals surface area contributed by atoms with Gasteiger partial charge in [-0.15, -0.1) is 0 Å². The summed E-state index contributed by atoms with van der Waals surface area (Å²) >= 11 is 0. The molecule has 1 N–H and O–H groups in total. The van der Waals surface area contributed by atoms with Crippen LogP contribution in [0.15, 0.2) is 0 Å². The standard InChI is InChI=1S/C5H9N3O2/c1-8(4-3-6)5(9)7-10-2/h4H2,1-2H3,(H,7,9). The fourth-order valence-electron chi connectivity index (χ4n) is 0.343. The zero-order valence-electron chi connectivity index (χ0n) is 5.92. The Hall–Kier alpha value is -1.28. The summed E-state index contributed by atoms with van der Waals surface area (Å²) in [6, 6.07) is 1.39. The van der Waals surface area contributed by atoms with Gasteiger partial charge in [-0.3, -0.25) is 4.84 Å². The number of hydrogen-bond acceptors (Lipinski definition) is 3. The second-order valence-electron chi connectivity index (χ2n) is 1.63. The van der Waals surface area contributed by atoms with E-state index in [0.717, 1.165) is 0 Å². The van der Waals surface area contributed by atoms with Crippen LogP contribution in [-0.2, 0) is 4.84 Å². The molecule has 0 aromatic rings. The Morgan fingerprint density at radius 2 is 2.50 bits per heavy atom. The van der Waals surface area contributed by atoms with Crippen molar-refractivity contribution >= 4 is 6.03 Å². The average Bonchev–Trinajstić information content (AvgIpc) is 1.89. The van der Waals surface area contributed by atoms with Crippen molar-refractivity contribution in [2.75, 3.05) is 20.7 Å². The molecule has 0 aliphatic carbocycles. The molecule has 0 saturated carbocycles. The van der Waals surface area contributed by atoms with Gasteiger partial charge in [0.2, 0.25) is 0 Å². The Morgan fingerprint density at radius 3 is 2.90 bits per heavy atom. The number of carbonyl (C=O) groups is 1. The molecule has 0 unspecified atom stereocenters. The van der Waals surface area contributed by atoms with E-state index in [-0.39, 0.29) is 6.54 Å². The number of nitrogens with one attached hydrogen (secondary N) is 1. The SMILES string of the molecule is CONC(=O)N(C)CC#N. The fraction of sp³-hybridized carbons (Fsp3) is 0.600. The smallest absolute Gasteiger partial charge is 0.313 e. The lowest BCUT2D eigenvalue weighted by Gasteiger charge is -2.11. The number of urea groups is 1. The van der Waals surface area contributed by atoms with Crippen molar-refractivity contribution in [1.82, 2.24) is 10.4 Å². The zero-order valence-corrected chi connectivity index (χ0v) is 5.92. The average molecular weight is 143 g/mol. The van der Waals surface area contributed by atoms with Crippen molar-refractivity contribution in [3.05, 3.63) is 0 Å². The van der Waals surface area contributed by atoms with Gasteiger partial charge in [0.15, 0.2) is 0 Å². The van der Waals surface area contributed by atoms with E-state index in [1.165, 1.54) is 19.1 Å². The highest BCUT2D eigenvalue weighted by atomic mass is 16.6. The number of nitrogens with zero attached hydrogens (tertiary/aromatic N) is 2. The molecule has 0 bridgehead atoms. The van der Waals surface area contributed by atoms with E-state index in [4.69, 9.17) is 5.26 Å². The lowest BCUT2D eigenvalue weighted by Crippen LogP contribution is -2.36. The van der Waals surface area contributed by atoms with Crippen LogP contribution >= 0.6 is 0 Å². The Bertz CT molecular complexity index is 151. The number of hydroxylamine groups is 1. The molecule has 0 heterocycles. The first-order chi connectivity index (χ1) is 4.72. The van der Waals surface area contributed by atoms with Gasteiger partial charge in [0.1, 0.15) is 6.54 Å². The number of nitriles is 1. The van der Waals surface area contributed by atoms with Crippen molar-refractivity contribution in [3.63, 3.8) is 0 Å². The summed E-state index contributed by atoms with van der Waals surface area (Å²) in [6.07, 6.45) is 0. The fourth-order valence-corrected chi connectivity index (χ4v) is 0.343. The number of amides is 2. The van der Waals surface area contributed by atoms with Gasteiger partial charge < -0.3 is 4.90 Å². The van der Waals surface area contributed by atoms with Crippen LogP contribution in [0.25, 0.3) is 0 Å². The molecular weight excluding hydrogens is 134 g/mol. The lowest BCUT2D eigenvalue weighted by molar-refractivity contribution is 0.0929. The van der Waals surface area contributed by atoms with Crippen LogP contribution in [0.1, 0.15) is 0 Å². The molecule has 5 nitrogen and oxygen atoms in total. The van der Waals surface area contributed by atoms with Crippen molar-refractivity contribution in [3.8, 4) is 6.07 Å². The van der Waals surface area contributed by atoms with E-state index in [1.807, 2.05) is 6.07 Å². The molecule has 0 radical (unpaired) electrons. The first-order valence-electron chi connectivity index (χ1n) is 2.63. The summed E-state index contributed by atoms with van der Waals surface area (Å²) in [6.45, 7) is 0.0508. The van der Waals surface area contributed by atoms with Crippen LogP contribution < -0.4 is 5.48 Å². The third kappa shape index (κ3) is 2.89. The number of carbonyl (C=O) groups excluding carboxylic acids is 1. The molecule has 0 aliphatic rings. The molecule has 0 atom stereocenters. The summed E-state index contributed by atoms with van der Waals surface area (Å²) in [5, 5.41) is 8.14. The molecule has 2 amide bonds. The van der Waals surface area contributed by atoms with E-state index in [0.29, 0.717) is 0 Å². The molecule has 10 heavy (non-hydrogen) atoms. The van der Waals surface area contributed by atoms with Gasteiger partial charge in [-0.25, -0.2) is 10.3 Å². The van der Waals surface area contributed by atoms with Gasteiger partial charge in [0.05, 0.1) is 13.2 Å². The topological polar surface area (TPSA) is 65.4 Å². The highest BCUT2D eigenvalue weighted by Crippen LogP contribution is 1.80. The van der Waals surface area contributed by atoms with Crippen LogP contribution in [-0.4, -0.2) is 31.6 Å². The number of rotatable bonds is 2. The summed E-state index contributed by atoms with van der Waals surface area (Å²) < 4.78 is 0. The van der Waals surface area contributed by atoms with E-state index in [9.17, 15) is 4.79 Å². The molecule has 0 fully saturated rings. The molecular formula is C5H9N3O2. The van der Waals surface area contributed by atoms with Gasteiger partial charge in [-0.1, -0.05) is 0 Å². The summed E-state index contributed by atoms with van der Waals surface area (Å²) in [5.41, 5.74) is 2.07. The number of hydrogen-bond donors (Lipinski definition) is 1. The van der Waals surface area contributed by atoms with Crippen LogP contribution in [0.4, 0.5) is 4.79 Å². The molecule has 0 spiro atoms. The van der Waals surface area contributed by atoms with Gasteiger partial charge in [-0.2, -0.15) is 5.26 Å². The predicted molar refractivity (Wildman–Crippen MR) is 33.8 cm³/mol. The lowest BCUT2D eigenvalue weighted by atomic mass is 10.6. The Labute approximate surface area is 59.1 Å². The van der Waals surface area contributed by atoms with Crippen LogP contribution in [0.5, 0.6) is 0 Å². The highest BCUT2D eigenvalue weighted by Gasteiger charge is 2.04. The zero-order chi connectivity index (χ0) is 7.98. The maximum absolute atomic E-state index is 10.7. The third-order valence-electron chi connectivity index (χ3n) is 0.844. The van der Waals surface area contributed by atoms with E-state index >= 15 is 0 Å². The maximum Gasteiger partial charge on any atom is 0.341 e. The quantitative estimate of drug-likeness (QED) is 0.426. The first-order valence-corrected chi connectivity index (χ1v) is 2.63. The molecule has 0 saturated heterocycles. The van der Waals surface area contributed by atoms with Crippen LogP contribution in [0.2, 0.25) is 0 Å². The highest BCUT2D eigenvalue weighted by molar-refractivity contribution is 5.72.